The van der Waals surface area contributed by atoms with E-state index in [4.69, 9.17) is 10.5 Å². The molecular formula is C17H25N3O4. The number of nitrogens with two attached hydrogens (primary N) is 1. The Kier molecular flexibility index (Phi) is 6.16. The molecule has 0 aliphatic carbocycles. The number of benzene rings is 1. The number of primary amides is 1. The van der Waals surface area contributed by atoms with Gasteiger partial charge in [0.05, 0.1) is 25.3 Å². The van der Waals surface area contributed by atoms with E-state index in [0.717, 1.165) is 11.3 Å². The number of hydrogen-bond donors (Lipinski definition) is 2. The topological polar surface area (TPSA) is 96.1 Å². The number of carbonyl (C=O) groups excluding carboxylic acids is 2. The highest BCUT2D eigenvalue weighted by atomic mass is 16.5. The molecule has 7 nitrogen and oxygen atoms in total. The van der Waals surface area contributed by atoms with Crippen molar-refractivity contribution < 1.29 is 19.4 Å². The van der Waals surface area contributed by atoms with Gasteiger partial charge in [-0.15, -0.1) is 0 Å². The fourth-order valence-corrected chi connectivity index (χ4v) is 2.86. The van der Waals surface area contributed by atoms with Gasteiger partial charge >= 0.3 is 0 Å². The van der Waals surface area contributed by atoms with Crippen LogP contribution in [0.4, 0.5) is 0 Å². The molecule has 0 spiro atoms. The number of rotatable bonds is 7. The van der Waals surface area contributed by atoms with Crippen molar-refractivity contribution >= 4 is 11.8 Å². The minimum absolute atomic E-state index is 0.0677. The van der Waals surface area contributed by atoms with Crippen LogP contribution in [0.15, 0.2) is 24.3 Å². The van der Waals surface area contributed by atoms with Crippen molar-refractivity contribution in [3.63, 3.8) is 0 Å². The first-order valence-electron chi connectivity index (χ1n) is 8.07. The molecule has 1 heterocycles. The lowest BCUT2D eigenvalue weighted by Gasteiger charge is -2.24. The summed E-state index contributed by atoms with van der Waals surface area (Å²) in [6.07, 6.45) is -0.336. The molecule has 1 fully saturated rings. The standard InChI is InChI=1S/C17H25N3O4/c1-3-24-14-6-4-12(5-7-14)9-19(2)16(22)11-20-10-13(21)8-15(20)17(18)23/h4-7,13,15,21H,3,8-11H2,1-2H3,(H2,18,23)/t13-,15+/m1/s1. The second-order valence-electron chi connectivity index (χ2n) is 6.06. The van der Waals surface area contributed by atoms with Gasteiger partial charge in [-0.3, -0.25) is 14.5 Å². The Morgan fingerprint density at radius 2 is 2.04 bits per heavy atom. The van der Waals surface area contributed by atoms with Crippen LogP contribution in [0.2, 0.25) is 0 Å². The summed E-state index contributed by atoms with van der Waals surface area (Å²) in [7, 11) is 1.71. The van der Waals surface area contributed by atoms with Crippen LogP contribution in [0.1, 0.15) is 18.9 Å². The van der Waals surface area contributed by atoms with Gasteiger partial charge in [-0.25, -0.2) is 0 Å². The number of hydrogen-bond acceptors (Lipinski definition) is 5. The van der Waals surface area contributed by atoms with Crippen molar-refractivity contribution in [2.24, 2.45) is 5.73 Å². The summed E-state index contributed by atoms with van der Waals surface area (Å²) < 4.78 is 5.39. The molecule has 132 valence electrons. The molecular weight excluding hydrogens is 310 g/mol. The largest absolute Gasteiger partial charge is 0.494 e. The number of aliphatic hydroxyl groups is 1. The van der Waals surface area contributed by atoms with E-state index >= 15 is 0 Å². The fraction of sp³-hybridized carbons (Fsp3) is 0.529. The normalized spacial score (nSPS) is 20.8. The highest BCUT2D eigenvalue weighted by Crippen LogP contribution is 2.18. The first-order chi connectivity index (χ1) is 11.4. The van der Waals surface area contributed by atoms with Crippen molar-refractivity contribution in [3.05, 3.63) is 29.8 Å². The Bertz CT molecular complexity index is 576. The highest BCUT2D eigenvalue weighted by Gasteiger charge is 2.36. The van der Waals surface area contributed by atoms with Crippen LogP contribution in [-0.4, -0.2) is 65.6 Å². The lowest BCUT2D eigenvalue weighted by molar-refractivity contribution is -0.132. The first-order valence-corrected chi connectivity index (χ1v) is 8.07. The minimum Gasteiger partial charge on any atom is -0.494 e. The number of likely N-dealkylation sites (tertiary alicyclic amines) is 1. The lowest BCUT2D eigenvalue weighted by atomic mass is 10.2. The summed E-state index contributed by atoms with van der Waals surface area (Å²) >= 11 is 0. The number of β-amino-alcohol motifs (C(OH)–C–C–N with tert-alkyl or cyclic N) is 1. The first kappa shape index (κ1) is 18.2. The van der Waals surface area contributed by atoms with Gasteiger partial charge in [-0.1, -0.05) is 12.1 Å². The van der Waals surface area contributed by atoms with Gasteiger partial charge in [0, 0.05) is 20.1 Å². The second-order valence-corrected chi connectivity index (χ2v) is 6.06. The number of aliphatic hydroxyl groups excluding tert-OH is 1. The smallest absolute Gasteiger partial charge is 0.236 e. The van der Waals surface area contributed by atoms with Gasteiger partial charge in [0.2, 0.25) is 11.8 Å². The number of nitrogens with zero attached hydrogens (tertiary/aromatic N) is 2. The minimum atomic E-state index is -0.619. The summed E-state index contributed by atoms with van der Waals surface area (Å²) in [6, 6.07) is 7.00. The molecule has 1 aromatic carbocycles. The molecule has 2 rings (SSSR count). The quantitative estimate of drug-likeness (QED) is 0.729. The maximum absolute atomic E-state index is 12.4. The van der Waals surface area contributed by atoms with E-state index in [-0.39, 0.29) is 25.4 Å². The molecule has 1 saturated heterocycles. The number of likely N-dealkylation sites (N-methyl/N-ethyl adjacent to an activating group) is 1. The molecule has 7 heteroatoms. The van der Waals surface area contributed by atoms with Crippen LogP contribution in [0.3, 0.4) is 0 Å². The van der Waals surface area contributed by atoms with Gasteiger partial charge in [0.1, 0.15) is 5.75 Å². The van der Waals surface area contributed by atoms with Crippen LogP contribution < -0.4 is 10.5 Å². The average Bonchev–Trinajstić information content (AvgIpc) is 2.90. The van der Waals surface area contributed by atoms with E-state index in [0.29, 0.717) is 13.2 Å². The van der Waals surface area contributed by atoms with Crippen LogP contribution in [0.5, 0.6) is 5.75 Å². The molecule has 2 amide bonds. The van der Waals surface area contributed by atoms with Gasteiger partial charge in [0.15, 0.2) is 0 Å². The van der Waals surface area contributed by atoms with Crippen molar-refractivity contribution in [1.82, 2.24) is 9.80 Å². The Balaban J connectivity index is 1.90. The van der Waals surface area contributed by atoms with E-state index in [1.54, 1.807) is 16.8 Å². The summed E-state index contributed by atoms with van der Waals surface area (Å²) in [5, 5.41) is 9.69. The molecule has 1 aliphatic heterocycles. The van der Waals surface area contributed by atoms with Crippen molar-refractivity contribution in [1.29, 1.82) is 0 Å². The molecule has 0 bridgehead atoms. The Morgan fingerprint density at radius 1 is 1.38 bits per heavy atom. The summed E-state index contributed by atoms with van der Waals surface area (Å²) in [6.45, 7) is 3.35. The molecule has 3 N–H and O–H groups in total. The van der Waals surface area contributed by atoms with Gasteiger partial charge in [0.25, 0.3) is 0 Å². The molecule has 1 aliphatic rings. The number of ether oxygens (including phenoxy) is 1. The molecule has 0 aromatic heterocycles. The van der Waals surface area contributed by atoms with Crippen LogP contribution in [-0.2, 0) is 16.1 Å². The zero-order valence-corrected chi connectivity index (χ0v) is 14.1. The predicted octanol–water partition coefficient (Wildman–Crippen LogP) is -0.0358. The maximum atomic E-state index is 12.4. The number of carbonyl (C=O) groups is 2. The maximum Gasteiger partial charge on any atom is 0.236 e. The Morgan fingerprint density at radius 3 is 2.62 bits per heavy atom. The van der Waals surface area contributed by atoms with E-state index in [1.165, 1.54) is 0 Å². The van der Waals surface area contributed by atoms with E-state index in [2.05, 4.69) is 0 Å². The molecule has 0 unspecified atom stereocenters. The van der Waals surface area contributed by atoms with Crippen molar-refractivity contribution in [2.45, 2.75) is 32.0 Å². The summed E-state index contributed by atoms with van der Waals surface area (Å²) in [5.41, 5.74) is 6.32. The van der Waals surface area contributed by atoms with Crippen LogP contribution in [0.25, 0.3) is 0 Å². The predicted molar refractivity (Wildman–Crippen MR) is 89.3 cm³/mol. The van der Waals surface area contributed by atoms with Gasteiger partial charge in [-0.2, -0.15) is 0 Å². The molecule has 0 radical (unpaired) electrons. The monoisotopic (exact) mass is 335 g/mol. The third-order valence-corrected chi connectivity index (χ3v) is 4.13. The molecule has 0 saturated carbocycles. The van der Waals surface area contributed by atoms with E-state index < -0.39 is 18.1 Å². The fourth-order valence-electron chi connectivity index (χ4n) is 2.86. The van der Waals surface area contributed by atoms with Crippen LogP contribution >= 0.6 is 0 Å². The van der Waals surface area contributed by atoms with E-state index in [9.17, 15) is 14.7 Å². The van der Waals surface area contributed by atoms with E-state index in [1.807, 2.05) is 31.2 Å². The third kappa shape index (κ3) is 4.69. The molecule has 24 heavy (non-hydrogen) atoms. The van der Waals surface area contributed by atoms with Gasteiger partial charge < -0.3 is 20.5 Å². The second kappa shape index (κ2) is 8.12. The van der Waals surface area contributed by atoms with Crippen molar-refractivity contribution in [3.8, 4) is 5.75 Å². The Hall–Kier alpha value is -2.12. The van der Waals surface area contributed by atoms with Crippen LogP contribution in [0, 0.1) is 0 Å². The highest BCUT2D eigenvalue weighted by molar-refractivity contribution is 5.82. The van der Waals surface area contributed by atoms with Gasteiger partial charge in [-0.05, 0) is 31.0 Å². The summed E-state index contributed by atoms with van der Waals surface area (Å²) in [4.78, 5) is 27.0. The third-order valence-electron chi connectivity index (χ3n) is 4.13. The average molecular weight is 335 g/mol. The number of amides is 2. The zero-order chi connectivity index (χ0) is 17.7. The molecule has 1 aromatic rings. The Labute approximate surface area is 142 Å². The van der Waals surface area contributed by atoms with Crippen molar-refractivity contribution in [2.75, 3.05) is 26.7 Å². The molecule has 2 atom stereocenters. The zero-order valence-electron chi connectivity index (χ0n) is 14.1. The summed E-state index contributed by atoms with van der Waals surface area (Å²) in [5.74, 6) is 0.170. The SMILES string of the molecule is CCOc1ccc(CN(C)C(=O)CN2C[C@H](O)C[C@H]2C(N)=O)cc1. The lowest BCUT2D eigenvalue weighted by Crippen LogP contribution is -2.45.